The smallest absolute Gasteiger partial charge is 0.122 e. The monoisotopic (exact) mass is 217 g/mol. The summed E-state index contributed by atoms with van der Waals surface area (Å²) in [6.45, 7) is 3.08. The first kappa shape index (κ1) is 12.6. The average Bonchev–Trinajstić information content (AvgIpc) is 2.34. The van der Waals surface area contributed by atoms with Crippen molar-refractivity contribution in [3.8, 4) is 18.1 Å². The maximum Gasteiger partial charge on any atom is 0.122 e. The molecule has 1 unspecified atom stereocenters. The fraction of sp³-hybridized carbons (Fsp3) is 0.429. The fourth-order valence-electron chi connectivity index (χ4n) is 1.60. The molecule has 1 rings (SSSR count). The summed E-state index contributed by atoms with van der Waals surface area (Å²) in [4.78, 5) is 0. The van der Waals surface area contributed by atoms with Crippen LogP contribution in [0, 0.1) is 12.3 Å². The molecule has 2 heteroatoms. The SMILES string of the molecule is C#CC(Cc1ccccc1OC)NCCC. The molecule has 0 amide bonds. The van der Waals surface area contributed by atoms with E-state index in [9.17, 15) is 0 Å². The Balaban J connectivity index is 2.66. The minimum Gasteiger partial charge on any atom is -0.496 e. The lowest BCUT2D eigenvalue weighted by atomic mass is 10.1. The van der Waals surface area contributed by atoms with Gasteiger partial charge in [0.2, 0.25) is 0 Å². The van der Waals surface area contributed by atoms with Gasteiger partial charge in [-0.05, 0) is 24.6 Å². The van der Waals surface area contributed by atoms with E-state index in [1.165, 1.54) is 0 Å². The second kappa shape index (κ2) is 6.92. The van der Waals surface area contributed by atoms with Crippen molar-refractivity contribution in [1.82, 2.24) is 5.32 Å². The normalized spacial score (nSPS) is 11.8. The molecular weight excluding hydrogens is 198 g/mol. The van der Waals surface area contributed by atoms with Gasteiger partial charge in [0.15, 0.2) is 0 Å². The molecule has 0 fully saturated rings. The summed E-state index contributed by atoms with van der Waals surface area (Å²) in [6.07, 6.45) is 7.39. The number of ether oxygens (including phenoxy) is 1. The summed E-state index contributed by atoms with van der Waals surface area (Å²) >= 11 is 0. The van der Waals surface area contributed by atoms with Crippen LogP contribution in [-0.2, 0) is 6.42 Å². The molecule has 0 radical (unpaired) electrons. The Bertz CT molecular complexity index is 354. The third-order valence-electron chi connectivity index (χ3n) is 2.46. The first-order chi connectivity index (χ1) is 7.81. The van der Waals surface area contributed by atoms with Crippen LogP contribution in [0.2, 0.25) is 0 Å². The minimum atomic E-state index is 0.0799. The van der Waals surface area contributed by atoms with E-state index in [0.717, 1.165) is 30.7 Å². The van der Waals surface area contributed by atoms with Gasteiger partial charge in [0.1, 0.15) is 5.75 Å². The highest BCUT2D eigenvalue weighted by Gasteiger charge is 2.08. The number of hydrogen-bond acceptors (Lipinski definition) is 2. The number of hydrogen-bond donors (Lipinski definition) is 1. The Kier molecular flexibility index (Phi) is 5.45. The summed E-state index contributed by atoms with van der Waals surface area (Å²) in [6, 6.07) is 8.06. The van der Waals surface area contributed by atoms with Gasteiger partial charge in [-0.2, -0.15) is 0 Å². The van der Waals surface area contributed by atoms with Gasteiger partial charge in [-0.15, -0.1) is 6.42 Å². The van der Waals surface area contributed by atoms with Crippen molar-refractivity contribution in [1.29, 1.82) is 0 Å². The number of para-hydroxylation sites is 1. The van der Waals surface area contributed by atoms with Crippen molar-refractivity contribution in [2.24, 2.45) is 0 Å². The number of benzene rings is 1. The standard InChI is InChI=1S/C14H19NO/c1-4-10-15-13(5-2)11-12-8-6-7-9-14(12)16-3/h2,6-9,13,15H,4,10-11H2,1,3H3. The van der Waals surface area contributed by atoms with E-state index in [-0.39, 0.29) is 6.04 Å². The van der Waals surface area contributed by atoms with Crippen molar-refractivity contribution in [2.75, 3.05) is 13.7 Å². The van der Waals surface area contributed by atoms with Crippen LogP contribution < -0.4 is 10.1 Å². The number of nitrogens with one attached hydrogen (secondary N) is 1. The summed E-state index contributed by atoms with van der Waals surface area (Å²) < 4.78 is 5.30. The van der Waals surface area contributed by atoms with Crippen molar-refractivity contribution < 1.29 is 4.74 Å². The molecule has 1 atom stereocenters. The molecule has 0 aliphatic carbocycles. The quantitative estimate of drug-likeness (QED) is 0.738. The zero-order valence-corrected chi connectivity index (χ0v) is 9.99. The maximum atomic E-state index is 5.50. The highest BCUT2D eigenvalue weighted by molar-refractivity contribution is 5.34. The minimum absolute atomic E-state index is 0.0799. The second-order valence-electron chi connectivity index (χ2n) is 3.69. The highest BCUT2D eigenvalue weighted by Crippen LogP contribution is 2.18. The number of terminal acetylenes is 1. The number of methoxy groups -OCH3 is 1. The topological polar surface area (TPSA) is 21.3 Å². The van der Waals surface area contributed by atoms with Crippen LogP contribution in [0.15, 0.2) is 24.3 Å². The van der Waals surface area contributed by atoms with E-state index in [1.807, 2.05) is 18.2 Å². The third-order valence-corrected chi connectivity index (χ3v) is 2.46. The summed E-state index contributed by atoms with van der Waals surface area (Å²) in [5, 5.41) is 3.33. The van der Waals surface area contributed by atoms with Gasteiger partial charge >= 0.3 is 0 Å². The van der Waals surface area contributed by atoms with E-state index < -0.39 is 0 Å². The van der Waals surface area contributed by atoms with Gasteiger partial charge in [-0.3, -0.25) is 0 Å². The zero-order chi connectivity index (χ0) is 11.8. The van der Waals surface area contributed by atoms with Crippen LogP contribution in [-0.4, -0.2) is 19.7 Å². The van der Waals surface area contributed by atoms with E-state index in [0.29, 0.717) is 0 Å². The molecule has 2 nitrogen and oxygen atoms in total. The summed E-state index contributed by atoms with van der Waals surface area (Å²) in [5.41, 5.74) is 1.15. The molecule has 0 saturated carbocycles. The highest BCUT2D eigenvalue weighted by atomic mass is 16.5. The lowest BCUT2D eigenvalue weighted by Crippen LogP contribution is -2.30. The van der Waals surface area contributed by atoms with Gasteiger partial charge in [-0.1, -0.05) is 31.0 Å². The molecule has 0 aliphatic heterocycles. The van der Waals surface area contributed by atoms with Crippen molar-refractivity contribution in [3.63, 3.8) is 0 Å². The van der Waals surface area contributed by atoms with Gasteiger partial charge in [-0.25, -0.2) is 0 Å². The van der Waals surface area contributed by atoms with E-state index in [1.54, 1.807) is 7.11 Å². The van der Waals surface area contributed by atoms with Crippen LogP contribution in [0.1, 0.15) is 18.9 Å². The van der Waals surface area contributed by atoms with Crippen LogP contribution in [0.25, 0.3) is 0 Å². The van der Waals surface area contributed by atoms with Crippen LogP contribution in [0.3, 0.4) is 0 Å². The molecule has 1 aromatic carbocycles. The predicted molar refractivity (Wildman–Crippen MR) is 67.6 cm³/mol. The molecule has 0 bridgehead atoms. The molecule has 16 heavy (non-hydrogen) atoms. The zero-order valence-electron chi connectivity index (χ0n) is 9.99. The lowest BCUT2D eigenvalue weighted by molar-refractivity contribution is 0.407. The maximum absolute atomic E-state index is 5.50. The predicted octanol–water partition coefficient (Wildman–Crippen LogP) is 2.24. The fourth-order valence-corrected chi connectivity index (χ4v) is 1.60. The largest absolute Gasteiger partial charge is 0.496 e. The van der Waals surface area contributed by atoms with E-state index >= 15 is 0 Å². The molecule has 1 N–H and O–H groups in total. The summed E-state index contributed by atoms with van der Waals surface area (Å²) in [5.74, 6) is 3.67. The van der Waals surface area contributed by atoms with Crippen molar-refractivity contribution in [3.05, 3.63) is 29.8 Å². The van der Waals surface area contributed by atoms with Crippen molar-refractivity contribution >= 4 is 0 Å². The molecule has 86 valence electrons. The average molecular weight is 217 g/mol. The first-order valence-corrected chi connectivity index (χ1v) is 5.63. The Morgan fingerprint density at radius 3 is 2.81 bits per heavy atom. The molecule has 1 aromatic rings. The Hall–Kier alpha value is -1.46. The Morgan fingerprint density at radius 2 is 2.19 bits per heavy atom. The van der Waals surface area contributed by atoms with E-state index in [2.05, 4.69) is 24.2 Å². The Morgan fingerprint density at radius 1 is 1.44 bits per heavy atom. The van der Waals surface area contributed by atoms with Gasteiger partial charge in [0.25, 0.3) is 0 Å². The molecule has 0 saturated heterocycles. The molecule has 0 spiro atoms. The van der Waals surface area contributed by atoms with Crippen LogP contribution >= 0.6 is 0 Å². The molecule has 0 aromatic heterocycles. The van der Waals surface area contributed by atoms with Crippen LogP contribution in [0.5, 0.6) is 5.75 Å². The van der Waals surface area contributed by atoms with Gasteiger partial charge in [0.05, 0.1) is 13.2 Å². The number of rotatable bonds is 6. The first-order valence-electron chi connectivity index (χ1n) is 5.63. The molecule has 0 heterocycles. The van der Waals surface area contributed by atoms with Gasteiger partial charge < -0.3 is 10.1 Å². The molecule has 0 aliphatic rings. The van der Waals surface area contributed by atoms with Crippen LogP contribution in [0.4, 0.5) is 0 Å². The van der Waals surface area contributed by atoms with Crippen molar-refractivity contribution in [2.45, 2.75) is 25.8 Å². The summed E-state index contributed by atoms with van der Waals surface area (Å²) in [7, 11) is 1.68. The van der Waals surface area contributed by atoms with Gasteiger partial charge in [0, 0.05) is 6.42 Å². The lowest BCUT2D eigenvalue weighted by Gasteiger charge is -2.14. The molecular formula is C14H19NO. The Labute approximate surface area is 98.0 Å². The van der Waals surface area contributed by atoms with E-state index in [4.69, 9.17) is 11.2 Å². The second-order valence-corrected chi connectivity index (χ2v) is 3.69. The third kappa shape index (κ3) is 3.60.